The second-order valence-corrected chi connectivity index (χ2v) is 7.53. The molecule has 0 N–H and O–H groups in total. The van der Waals surface area contributed by atoms with Crippen molar-refractivity contribution in [3.63, 3.8) is 0 Å². The summed E-state index contributed by atoms with van der Waals surface area (Å²) in [7, 11) is 1.39. The van der Waals surface area contributed by atoms with Gasteiger partial charge in [0.1, 0.15) is 5.75 Å². The van der Waals surface area contributed by atoms with E-state index in [4.69, 9.17) is 14.7 Å². The second-order valence-electron chi connectivity index (χ2n) is 7.53. The molecule has 0 atom stereocenters. The van der Waals surface area contributed by atoms with Crippen molar-refractivity contribution in [3.8, 4) is 23.3 Å². The predicted molar refractivity (Wildman–Crippen MR) is 124 cm³/mol. The molecule has 1 aliphatic heterocycles. The predicted octanol–water partition coefficient (Wildman–Crippen LogP) is 6.18. The van der Waals surface area contributed by atoms with E-state index >= 15 is 0 Å². The summed E-state index contributed by atoms with van der Waals surface area (Å²) in [6.07, 6.45) is -3.05. The highest BCUT2D eigenvalue weighted by molar-refractivity contribution is 6.32. The number of carbonyl (C=O) groups is 1. The molecule has 0 fully saturated rings. The summed E-state index contributed by atoms with van der Waals surface area (Å²) < 4.78 is 50.8. The summed E-state index contributed by atoms with van der Waals surface area (Å²) in [5.74, 6) is 0.0252. The normalized spacial score (nSPS) is 14.6. The molecule has 0 aliphatic carbocycles. The van der Waals surface area contributed by atoms with Crippen molar-refractivity contribution in [2.75, 3.05) is 12.1 Å². The number of hydrogen-bond donors (Lipinski definition) is 0. The first-order valence-electron chi connectivity index (χ1n) is 10.4. The van der Waals surface area contributed by atoms with Crippen LogP contribution in [0.5, 0.6) is 17.2 Å². The Morgan fingerprint density at radius 3 is 2.43 bits per heavy atom. The summed E-state index contributed by atoms with van der Waals surface area (Å²) in [5, 5.41) is 14.6. The van der Waals surface area contributed by atoms with Crippen LogP contribution in [0.4, 0.5) is 18.9 Å². The Bertz CT molecular complexity index is 1390. The first-order chi connectivity index (χ1) is 16.7. The van der Waals surface area contributed by atoms with E-state index in [-0.39, 0.29) is 23.2 Å². The van der Waals surface area contributed by atoms with E-state index in [9.17, 15) is 18.0 Å². The van der Waals surface area contributed by atoms with E-state index in [0.29, 0.717) is 22.5 Å². The summed E-state index contributed by atoms with van der Waals surface area (Å²) in [6.45, 7) is 1.73. The number of hydrogen-bond acceptors (Lipinski definition) is 5. The SMILES string of the molecule is COc1cc(C=C2C(=O)N(c3ccccc3)N=C2C)ccc1Oc1ccc(C#N)c(C(F)(F)F)c1. The fourth-order valence-electron chi connectivity index (χ4n) is 3.50. The molecule has 0 radical (unpaired) electrons. The number of methoxy groups -OCH3 is 1. The largest absolute Gasteiger partial charge is 0.493 e. The number of alkyl halides is 3. The lowest BCUT2D eigenvalue weighted by molar-refractivity contribution is -0.137. The zero-order valence-corrected chi connectivity index (χ0v) is 18.6. The van der Waals surface area contributed by atoms with Crippen LogP contribution in [0.15, 0.2) is 77.4 Å². The number of anilines is 1. The number of carbonyl (C=O) groups excluding carboxylic acids is 1. The monoisotopic (exact) mass is 477 g/mol. The molecule has 1 aliphatic rings. The molecular formula is C26H18F3N3O3. The van der Waals surface area contributed by atoms with Crippen molar-refractivity contribution >= 4 is 23.4 Å². The second kappa shape index (κ2) is 9.35. The minimum atomic E-state index is -4.70. The molecule has 0 saturated carbocycles. The van der Waals surface area contributed by atoms with Crippen molar-refractivity contribution in [1.82, 2.24) is 0 Å². The Kier molecular flexibility index (Phi) is 6.30. The van der Waals surface area contributed by atoms with Gasteiger partial charge in [-0.15, -0.1) is 0 Å². The lowest BCUT2D eigenvalue weighted by Gasteiger charge is -2.14. The van der Waals surface area contributed by atoms with Gasteiger partial charge in [-0.3, -0.25) is 4.79 Å². The Hall–Kier alpha value is -4.58. The van der Waals surface area contributed by atoms with Crippen LogP contribution >= 0.6 is 0 Å². The number of ether oxygens (including phenoxy) is 2. The van der Waals surface area contributed by atoms with Gasteiger partial charge in [0.05, 0.1) is 41.3 Å². The Morgan fingerprint density at radius 1 is 1.03 bits per heavy atom. The molecular weight excluding hydrogens is 459 g/mol. The highest BCUT2D eigenvalue weighted by atomic mass is 19.4. The van der Waals surface area contributed by atoms with Crippen molar-refractivity contribution in [2.24, 2.45) is 5.10 Å². The van der Waals surface area contributed by atoms with Crippen molar-refractivity contribution < 1.29 is 27.4 Å². The smallest absolute Gasteiger partial charge is 0.417 e. The van der Waals surface area contributed by atoms with Gasteiger partial charge in [-0.05, 0) is 61.0 Å². The summed E-state index contributed by atoms with van der Waals surface area (Å²) in [6, 6.07) is 18.4. The van der Waals surface area contributed by atoms with Gasteiger partial charge in [0.2, 0.25) is 0 Å². The maximum atomic E-state index is 13.3. The fraction of sp³-hybridized carbons (Fsp3) is 0.115. The van der Waals surface area contributed by atoms with Crippen molar-refractivity contribution in [1.29, 1.82) is 5.26 Å². The number of amides is 1. The first kappa shape index (κ1) is 23.6. The highest BCUT2D eigenvalue weighted by Crippen LogP contribution is 2.38. The number of benzene rings is 3. The van der Waals surface area contributed by atoms with E-state index in [1.807, 2.05) is 18.2 Å². The molecule has 6 nitrogen and oxygen atoms in total. The average molecular weight is 477 g/mol. The molecule has 35 heavy (non-hydrogen) atoms. The number of rotatable bonds is 5. The molecule has 3 aromatic carbocycles. The maximum absolute atomic E-state index is 13.3. The summed E-state index contributed by atoms with van der Waals surface area (Å²) in [5.41, 5.74) is 0.596. The van der Waals surface area contributed by atoms with Gasteiger partial charge in [-0.1, -0.05) is 24.3 Å². The summed E-state index contributed by atoms with van der Waals surface area (Å²) >= 11 is 0. The molecule has 4 rings (SSSR count). The molecule has 9 heteroatoms. The topological polar surface area (TPSA) is 74.9 Å². The van der Waals surface area contributed by atoms with Crippen LogP contribution in [0.1, 0.15) is 23.6 Å². The van der Waals surface area contributed by atoms with Crippen LogP contribution in [0.3, 0.4) is 0 Å². The van der Waals surface area contributed by atoms with E-state index in [0.717, 1.165) is 12.1 Å². The number of halogens is 3. The molecule has 1 heterocycles. The summed E-state index contributed by atoms with van der Waals surface area (Å²) in [4.78, 5) is 12.9. The zero-order chi connectivity index (χ0) is 25.2. The third-order valence-corrected chi connectivity index (χ3v) is 5.21. The van der Waals surface area contributed by atoms with Gasteiger partial charge >= 0.3 is 6.18 Å². The van der Waals surface area contributed by atoms with Crippen LogP contribution in [0, 0.1) is 11.3 Å². The highest BCUT2D eigenvalue weighted by Gasteiger charge is 2.34. The van der Waals surface area contributed by atoms with E-state index in [1.54, 1.807) is 37.3 Å². The number of nitrogens with zero attached hydrogens (tertiary/aromatic N) is 3. The third-order valence-electron chi connectivity index (χ3n) is 5.21. The minimum absolute atomic E-state index is 0.104. The molecule has 3 aromatic rings. The average Bonchev–Trinajstić information content (AvgIpc) is 3.13. The number of nitriles is 1. The van der Waals surface area contributed by atoms with Crippen LogP contribution in [0.2, 0.25) is 0 Å². The third kappa shape index (κ3) is 4.87. The van der Waals surface area contributed by atoms with Crippen molar-refractivity contribution in [2.45, 2.75) is 13.1 Å². The molecule has 0 unspecified atom stereocenters. The molecule has 0 aromatic heterocycles. The van der Waals surface area contributed by atoms with E-state index < -0.39 is 17.3 Å². The Labute approximate surface area is 199 Å². The van der Waals surface area contributed by atoms with E-state index in [1.165, 1.54) is 30.3 Å². The van der Waals surface area contributed by atoms with Gasteiger partial charge in [-0.25, -0.2) is 0 Å². The Morgan fingerprint density at radius 2 is 1.77 bits per heavy atom. The molecule has 1 amide bonds. The molecule has 0 saturated heterocycles. The van der Waals surface area contributed by atoms with Crippen LogP contribution in [0.25, 0.3) is 6.08 Å². The van der Waals surface area contributed by atoms with Gasteiger partial charge in [0.25, 0.3) is 5.91 Å². The Balaban J connectivity index is 1.61. The minimum Gasteiger partial charge on any atom is -0.493 e. The van der Waals surface area contributed by atoms with Crippen LogP contribution < -0.4 is 14.5 Å². The fourth-order valence-corrected chi connectivity index (χ4v) is 3.50. The number of para-hydroxylation sites is 1. The van der Waals surface area contributed by atoms with Gasteiger partial charge in [0, 0.05) is 0 Å². The molecule has 176 valence electrons. The zero-order valence-electron chi connectivity index (χ0n) is 18.6. The van der Waals surface area contributed by atoms with Crippen LogP contribution in [-0.4, -0.2) is 18.7 Å². The lowest BCUT2D eigenvalue weighted by atomic mass is 10.1. The van der Waals surface area contributed by atoms with Crippen molar-refractivity contribution in [3.05, 3.63) is 89.0 Å². The van der Waals surface area contributed by atoms with Gasteiger partial charge in [-0.2, -0.15) is 28.5 Å². The standard InChI is InChI=1S/C26H18F3N3O3/c1-16-21(25(33)32(31-16)19-6-4-3-5-7-19)12-17-8-11-23(24(13-17)34-2)35-20-10-9-18(15-30)22(14-20)26(27,28)29/h3-14H,1-2H3. The first-order valence-corrected chi connectivity index (χ1v) is 10.4. The maximum Gasteiger partial charge on any atom is 0.417 e. The quantitative estimate of drug-likeness (QED) is 0.411. The number of hydrazone groups is 1. The van der Waals surface area contributed by atoms with Crippen LogP contribution in [-0.2, 0) is 11.0 Å². The van der Waals surface area contributed by atoms with Gasteiger partial charge in [0.15, 0.2) is 11.5 Å². The lowest BCUT2D eigenvalue weighted by Crippen LogP contribution is -2.21. The van der Waals surface area contributed by atoms with E-state index in [2.05, 4.69) is 5.10 Å². The molecule has 0 bridgehead atoms. The molecule has 0 spiro atoms. The van der Waals surface area contributed by atoms with Gasteiger partial charge < -0.3 is 9.47 Å².